The van der Waals surface area contributed by atoms with Gasteiger partial charge >= 0.3 is 0 Å². The molecule has 6 heteroatoms. The van der Waals surface area contributed by atoms with Crippen LogP contribution in [0.4, 0.5) is 0 Å². The minimum atomic E-state index is -3.23. The molecule has 2 heterocycles. The van der Waals surface area contributed by atoms with Gasteiger partial charge in [-0.3, -0.25) is 4.79 Å². The van der Waals surface area contributed by atoms with Gasteiger partial charge in [0.1, 0.15) is 11.4 Å². The molecular formula is C20H27NO4S. The van der Waals surface area contributed by atoms with Crippen molar-refractivity contribution >= 4 is 15.8 Å². The van der Waals surface area contributed by atoms with E-state index in [9.17, 15) is 13.2 Å². The lowest BCUT2D eigenvalue weighted by atomic mass is 9.84. The predicted molar refractivity (Wildman–Crippen MR) is 99.9 cm³/mol. The Morgan fingerprint density at radius 2 is 1.85 bits per heavy atom. The molecule has 142 valence electrons. The second-order valence-corrected chi connectivity index (χ2v) is 10.1. The van der Waals surface area contributed by atoms with Gasteiger partial charge in [-0.1, -0.05) is 25.0 Å². The molecule has 1 atom stereocenters. The Labute approximate surface area is 155 Å². The summed E-state index contributed by atoms with van der Waals surface area (Å²) >= 11 is 0. The number of Topliss-reactive ketones (excluding diaryl/α,β-unsaturated/α-hetero) is 1. The number of hydrogen-bond donors (Lipinski definition) is 0. The highest BCUT2D eigenvalue weighted by atomic mass is 32.2. The summed E-state index contributed by atoms with van der Waals surface area (Å²) in [5, 5.41) is 0. The van der Waals surface area contributed by atoms with Gasteiger partial charge in [0, 0.05) is 19.5 Å². The van der Waals surface area contributed by atoms with Gasteiger partial charge < -0.3 is 4.74 Å². The van der Waals surface area contributed by atoms with Crippen molar-refractivity contribution < 1.29 is 17.9 Å². The summed E-state index contributed by atoms with van der Waals surface area (Å²) in [6.45, 7) is 0.987. The van der Waals surface area contributed by atoms with Crippen LogP contribution in [0.5, 0.6) is 5.75 Å². The van der Waals surface area contributed by atoms with Crippen LogP contribution in [0.2, 0.25) is 0 Å². The number of ketones is 1. The number of benzene rings is 1. The van der Waals surface area contributed by atoms with E-state index in [1.807, 2.05) is 18.2 Å². The maximum atomic E-state index is 12.8. The molecule has 1 aromatic rings. The average Bonchev–Trinajstić information content (AvgIpc) is 3.01. The number of sulfonamides is 1. The number of ether oxygens (including phenoxy) is 1. The van der Waals surface area contributed by atoms with Gasteiger partial charge in [0.2, 0.25) is 10.0 Å². The summed E-state index contributed by atoms with van der Waals surface area (Å²) in [6, 6.07) is 7.37. The minimum Gasteiger partial charge on any atom is -0.486 e. The van der Waals surface area contributed by atoms with Crippen LogP contribution in [0.15, 0.2) is 24.3 Å². The summed E-state index contributed by atoms with van der Waals surface area (Å²) in [7, 11) is -3.23. The summed E-state index contributed by atoms with van der Waals surface area (Å²) < 4.78 is 33.6. The predicted octanol–water partition coefficient (Wildman–Crippen LogP) is 3.40. The first-order valence-electron chi connectivity index (χ1n) is 9.77. The van der Waals surface area contributed by atoms with Crippen molar-refractivity contribution in [1.82, 2.24) is 4.31 Å². The molecule has 5 nitrogen and oxygen atoms in total. The Balaban J connectivity index is 1.47. The van der Waals surface area contributed by atoms with Gasteiger partial charge in [-0.15, -0.1) is 0 Å². The fourth-order valence-electron chi connectivity index (χ4n) is 4.72. The standard InChI is InChI=1S/C20H27NO4S/c22-18-14-20(25-19-9-4-3-8-17(18)19)10-5-12-21(13-11-20)26(23,24)15-16-6-1-2-7-16/h3-4,8-9,16H,1-2,5-7,10-15H2. The van der Waals surface area contributed by atoms with Crippen LogP contribution in [0.1, 0.15) is 61.7 Å². The smallest absolute Gasteiger partial charge is 0.214 e. The highest BCUT2D eigenvalue weighted by molar-refractivity contribution is 7.89. The first-order chi connectivity index (χ1) is 12.5. The van der Waals surface area contributed by atoms with Crippen LogP contribution in [0.3, 0.4) is 0 Å². The van der Waals surface area contributed by atoms with E-state index < -0.39 is 15.6 Å². The third-order valence-electron chi connectivity index (χ3n) is 6.17. The Bertz CT molecular complexity index is 785. The largest absolute Gasteiger partial charge is 0.486 e. The quantitative estimate of drug-likeness (QED) is 0.810. The van der Waals surface area contributed by atoms with Crippen LogP contribution in [-0.4, -0.2) is 42.9 Å². The molecular weight excluding hydrogens is 350 g/mol. The molecule has 1 saturated carbocycles. The second-order valence-electron chi connectivity index (χ2n) is 8.06. The zero-order valence-electron chi connectivity index (χ0n) is 15.2. The highest BCUT2D eigenvalue weighted by Crippen LogP contribution is 2.39. The number of fused-ring (bicyclic) bond motifs is 1. The van der Waals surface area contributed by atoms with E-state index in [-0.39, 0.29) is 11.5 Å². The number of carbonyl (C=O) groups excluding carboxylic acids is 1. The minimum absolute atomic E-state index is 0.106. The van der Waals surface area contributed by atoms with E-state index in [1.54, 1.807) is 10.4 Å². The van der Waals surface area contributed by atoms with Crippen molar-refractivity contribution in [3.05, 3.63) is 29.8 Å². The molecule has 0 amide bonds. The van der Waals surface area contributed by atoms with Gasteiger partial charge in [0.25, 0.3) is 0 Å². The van der Waals surface area contributed by atoms with Gasteiger partial charge in [0.05, 0.1) is 17.7 Å². The number of carbonyl (C=O) groups is 1. The molecule has 1 spiro atoms. The summed E-state index contributed by atoms with van der Waals surface area (Å²) in [4.78, 5) is 12.6. The second kappa shape index (κ2) is 6.97. The van der Waals surface area contributed by atoms with Crippen LogP contribution in [-0.2, 0) is 10.0 Å². The molecule has 1 unspecified atom stereocenters. The third kappa shape index (κ3) is 3.54. The van der Waals surface area contributed by atoms with Crippen LogP contribution in [0, 0.1) is 5.92 Å². The Kier molecular flexibility index (Phi) is 4.82. The Morgan fingerprint density at radius 1 is 1.08 bits per heavy atom. The van der Waals surface area contributed by atoms with E-state index in [1.165, 1.54) is 0 Å². The third-order valence-corrected chi connectivity index (χ3v) is 8.21. The van der Waals surface area contributed by atoms with Crippen LogP contribution >= 0.6 is 0 Å². The number of rotatable bonds is 3. The molecule has 1 aromatic carbocycles. The van der Waals surface area contributed by atoms with Crippen LogP contribution < -0.4 is 4.74 Å². The molecule has 26 heavy (non-hydrogen) atoms. The van der Waals surface area contributed by atoms with Crippen molar-refractivity contribution in [2.45, 2.75) is 57.0 Å². The fraction of sp³-hybridized carbons (Fsp3) is 0.650. The first kappa shape index (κ1) is 18.0. The maximum Gasteiger partial charge on any atom is 0.214 e. The van der Waals surface area contributed by atoms with E-state index in [2.05, 4.69) is 0 Å². The molecule has 0 bridgehead atoms. The lowest BCUT2D eigenvalue weighted by Crippen LogP contribution is -2.43. The normalized spacial score (nSPS) is 27.9. The molecule has 3 aliphatic rings. The lowest BCUT2D eigenvalue weighted by molar-refractivity contribution is 0.0312. The topological polar surface area (TPSA) is 63.7 Å². The Morgan fingerprint density at radius 3 is 2.65 bits per heavy atom. The van der Waals surface area contributed by atoms with Crippen molar-refractivity contribution in [2.24, 2.45) is 5.92 Å². The van der Waals surface area contributed by atoms with E-state index in [4.69, 9.17) is 4.74 Å². The van der Waals surface area contributed by atoms with Crippen LogP contribution in [0.25, 0.3) is 0 Å². The number of hydrogen-bond acceptors (Lipinski definition) is 4. The molecule has 1 aliphatic carbocycles. The van der Waals surface area contributed by atoms with Crippen molar-refractivity contribution in [2.75, 3.05) is 18.8 Å². The SMILES string of the molecule is O=C1CC2(CCCN(S(=O)(=O)CC3CCCC3)CC2)Oc2ccccc21. The first-order valence-corrected chi connectivity index (χ1v) is 11.4. The molecule has 1 saturated heterocycles. The van der Waals surface area contributed by atoms with Crippen molar-refractivity contribution in [1.29, 1.82) is 0 Å². The van der Waals surface area contributed by atoms with Gasteiger partial charge in [-0.2, -0.15) is 0 Å². The molecule has 4 rings (SSSR count). The lowest BCUT2D eigenvalue weighted by Gasteiger charge is -2.37. The zero-order valence-corrected chi connectivity index (χ0v) is 16.0. The maximum absolute atomic E-state index is 12.8. The molecule has 0 N–H and O–H groups in total. The average molecular weight is 378 g/mol. The van der Waals surface area contributed by atoms with Crippen molar-refractivity contribution in [3.8, 4) is 5.75 Å². The summed E-state index contributed by atoms with van der Waals surface area (Å²) in [5.74, 6) is 1.35. The van der Waals surface area contributed by atoms with Gasteiger partial charge in [-0.05, 0) is 43.7 Å². The number of para-hydroxylation sites is 1. The van der Waals surface area contributed by atoms with E-state index >= 15 is 0 Å². The van der Waals surface area contributed by atoms with E-state index in [0.29, 0.717) is 43.2 Å². The number of nitrogens with zero attached hydrogens (tertiary/aromatic N) is 1. The molecule has 2 aliphatic heterocycles. The molecule has 0 aromatic heterocycles. The molecule has 2 fully saturated rings. The summed E-state index contributed by atoms with van der Waals surface area (Å²) in [6.07, 6.45) is 6.76. The van der Waals surface area contributed by atoms with Gasteiger partial charge in [-0.25, -0.2) is 12.7 Å². The van der Waals surface area contributed by atoms with Crippen molar-refractivity contribution in [3.63, 3.8) is 0 Å². The summed E-state index contributed by atoms with van der Waals surface area (Å²) in [5.41, 5.74) is 0.0939. The molecule has 0 radical (unpaired) electrons. The Hall–Kier alpha value is -1.40. The zero-order chi connectivity index (χ0) is 18.2. The van der Waals surface area contributed by atoms with Gasteiger partial charge in [0.15, 0.2) is 5.78 Å². The monoisotopic (exact) mass is 377 g/mol. The van der Waals surface area contributed by atoms with E-state index in [0.717, 1.165) is 38.5 Å². The highest BCUT2D eigenvalue weighted by Gasteiger charge is 2.43. The fourth-order valence-corrected chi connectivity index (χ4v) is 6.64.